The highest BCUT2D eigenvalue weighted by molar-refractivity contribution is 5.38. The zero-order valence-electron chi connectivity index (χ0n) is 13.5. The highest BCUT2D eigenvalue weighted by atomic mass is 16.5. The van der Waals surface area contributed by atoms with Crippen molar-refractivity contribution in [1.82, 2.24) is 0 Å². The van der Waals surface area contributed by atoms with Crippen LogP contribution in [0.2, 0.25) is 0 Å². The van der Waals surface area contributed by atoms with E-state index in [1.807, 2.05) is 0 Å². The van der Waals surface area contributed by atoms with Gasteiger partial charge in [-0.15, -0.1) is 0 Å². The summed E-state index contributed by atoms with van der Waals surface area (Å²) in [5, 5.41) is 10.3. The number of hydrogen-bond acceptors (Lipinski definition) is 2. The first kappa shape index (κ1) is 17.2. The van der Waals surface area contributed by atoms with E-state index in [1.54, 1.807) is 0 Å². The first-order chi connectivity index (χ1) is 9.56. The van der Waals surface area contributed by atoms with Crippen LogP contribution < -0.4 is 0 Å². The molecule has 0 bridgehead atoms. The molecule has 20 heavy (non-hydrogen) atoms. The quantitative estimate of drug-likeness (QED) is 0.667. The van der Waals surface area contributed by atoms with E-state index in [0.717, 1.165) is 29.7 Å². The number of ether oxygens (including phenoxy) is 1. The summed E-state index contributed by atoms with van der Waals surface area (Å²) in [6.45, 7) is 9.58. The molecule has 0 fully saturated rings. The van der Waals surface area contributed by atoms with E-state index in [0.29, 0.717) is 6.61 Å². The molecule has 0 spiro atoms. The third-order valence-electron chi connectivity index (χ3n) is 3.74. The minimum atomic E-state index is -0.508. The summed E-state index contributed by atoms with van der Waals surface area (Å²) in [6, 6.07) is 4.24. The van der Waals surface area contributed by atoms with Gasteiger partial charge < -0.3 is 9.84 Å². The van der Waals surface area contributed by atoms with Crippen molar-refractivity contribution in [2.45, 2.75) is 65.9 Å². The number of unbranched alkanes of at least 4 members (excludes halogenated alkanes) is 4. The number of hydrogen-bond donors (Lipinski definition) is 1. The molecule has 1 aromatic carbocycles. The van der Waals surface area contributed by atoms with Gasteiger partial charge in [-0.05, 0) is 43.9 Å². The number of aliphatic hydroxyl groups is 1. The average molecular weight is 278 g/mol. The van der Waals surface area contributed by atoms with Gasteiger partial charge in [-0.1, -0.05) is 50.3 Å². The third kappa shape index (κ3) is 5.64. The molecule has 2 heteroatoms. The number of rotatable bonds is 9. The van der Waals surface area contributed by atoms with E-state index in [9.17, 15) is 5.11 Å². The molecule has 0 aliphatic heterocycles. The van der Waals surface area contributed by atoms with Crippen LogP contribution in [0.25, 0.3) is 0 Å². The van der Waals surface area contributed by atoms with Gasteiger partial charge in [0.15, 0.2) is 0 Å². The summed E-state index contributed by atoms with van der Waals surface area (Å²) < 4.78 is 5.62. The van der Waals surface area contributed by atoms with Crippen LogP contribution in [0.15, 0.2) is 12.1 Å². The molecule has 0 saturated heterocycles. The van der Waals surface area contributed by atoms with Crippen molar-refractivity contribution >= 4 is 0 Å². The second-order valence-electron chi connectivity index (χ2n) is 5.82. The minimum Gasteiger partial charge on any atom is -0.386 e. The fourth-order valence-corrected chi connectivity index (χ4v) is 2.80. The standard InChI is InChI=1S/C18H30O2/c1-5-6-7-8-9-10-20-13-17(19)18-15(3)11-14(2)12-16(18)4/h11-12,17,19H,5-10,13H2,1-4H3. The van der Waals surface area contributed by atoms with Crippen LogP contribution in [0.3, 0.4) is 0 Å². The van der Waals surface area contributed by atoms with Crippen LogP contribution in [0.5, 0.6) is 0 Å². The van der Waals surface area contributed by atoms with Gasteiger partial charge in [0.05, 0.1) is 6.61 Å². The van der Waals surface area contributed by atoms with Crippen LogP contribution in [0, 0.1) is 20.8 Å². The van der Waals surface area contributed by atoms with Crippen molar-refractivity contribution in [1.29, 1.82) is 0 Å². The monoisotopic (exact) mass is 278 g/mol. The van der Waals surface area contributed by atoms with Crippen LogP contribution in [0.4, 0.5) is 0 Å². The van der Waals surface area contributed by atoms with E-state index < -0.39 is 6.10 Å². The third-order valence-corrected chi connectivity index (χ3v) is 3.74. The highest BCUT2D eigenvalue weighted by Crippen LogP contribution is 2.23. The van der Waals surface area contributed by atoms with E-state index in [-0.39, 0.29) is 0 Å². The van der Waals surface area contributed by atoms with Crippen molar-refractivity contribution in [3.63, 3.8) is 0 Å². The van der Waals surface area contributed by atoms with Crippen molar-refractivity contribution in [3.8, 4) is 0 Å². The maximum Gasteiger partial charge on any atom is 0.103 e. The highest BCUT2D eigenvalue weighted by Gasteiger charge is 2.13. The Morgan fingerprint density at radius 2 is 1.60 bits per heavy atom. The fourth-order valence-electron chi connectivity index (χ4n) is 2.80. The first-order valence-electron chi connectivity index (χ1n) is 7.89. The number of benzene rings is 1. The molecule has 2 nitrogen and oxygen atoms in total. The van der Waals surface area contributed by atoms with Crippen molar-refractivity contribution in [2.75, 3.05) is 13.2 Å². The normalized spacial score (nSPS) is 12.7. The van der Waals surface area contributed by atoms with Gasteiger partial charge in [0, 0.05) is 6.61 Å². The Labute approximate surface area is 124 Å². The summed E-state index contributed by atoms with van der Waals surface area (Å²) in [7, 11) is 0. The summed E-state index contributed by atoms with van der Waals surface area (Å²) in [5.74, 6) is 0. The van der Waals surface area contributed by atoms with Gasteiger partial charge in [0.25, 0.3) is 0 Å². The SMILES string of the molecule is CCCCCCCOCC(O)c1c(C)cc(C)cc1C. The van der Waals surface area contributed by atoms with E-state index in [2.05, 4.69) is 39.8 Å². The molecule has 1 unspecified atom stereocenters. The molecule has 1 N–H and O–H groups in total. The average Bonchev–Trinajstić information content (AvgIpc) is 2.36. The van der Waals surface area contributed by atoms with Crippen molar-refractivity contribution in [2.24, 2.45) is 0 Å². The van der Waals surface area contributed by atoms with E-state index >= 15 is 0 Å². The van der Waals surface area contributed by atoms with Gasteiger partial charge in [0.1, 0.15) is 6.10 Å². The molecule has 1 atom stereocenters. The lowest BCUT2D eigenvalue weighted by atomic mass is 9.96. The zero-order valence-corrected chi connectivity index (χ0v) is 13.5. The lowest BCUT2D eigenvalue weighted by Crippen LogP contribution is -2.11. The van der Waals surface area contributed by atoms with Gasteiger partial charge >= 0.3 is 0 Å². The Kier molecular flexibility index (Phi) is 7.86. The maximum absolute atomic E-state index is 10.3. The molecule has 0 aromatic heterocycles. The number of aliphatic hydroxyl groups excluding tert-OH is 1. The van der Waals surface area contributed by atoms with Gasteiger partial charge in [-0.2, -0.15) is 0 Å². The van der Waals surface area contributed by atoms with Crippen LogP contribution in [-0.4, -0.2) is 18.3 Å². The zero-order chi connectivity index (χ0) is 15.0. The fraction of sp³-hybridized carbons (Fsp3) is 0.667. The van der Waals surface area contributed by atoms with Gasteiger partial charge in [0.2, 0.25) is 0 Å². The van der Waals surface area contributed by atoms with Gasteiger partial charge in [-0.3, -0.25) is 0 Å². The summed E-state index contributed by atoms with van der Waals surface area (Å²) in [4.78, 5) is 0. The molecule has 1 rings (SSSR count). The second-order valence-corrected chi connectivity index (χ2v) is 5.82. The molecule has 0 aliphatic rings. The Morgan fingerprint density at radius 1 is 1.00 bits per heavy atom. The smallest absolute Gasteiger partial charge is 0.103 e. The molecule has 0 saturated carbocycles. The predicted molar refractivity (Wildman–Crippen MR) is 85.2 cm³/mol. The maximum atomic E-state index is 10.3. The molecule has 0 amide bonds. The minimum absolute atomic E-state index is 0.401. The molecule has 0 heterocycles. The Morgan fingerprint density at radius 3 is 2.20 bits per heavy atom. The largest absolute Gasteiger partial charge is 0.386 e. The van der Waals surface area contributed by atoms with Crippen LogP contribution in [-0.2, 0) is 4.74 Å². The molecule has 1 aromatic rings. The van der Waals surface area contributed by atoms with E-state index in [1.165, 1.54) is 31.2 Å². The van der Waals surface area contributed by atoms with Crippen molar-refractivity contribution < 1.29 is 9.84 Å². The Hall–Kier alpha value is -0.860. The molecule has 114 valence electrons. The van der Waals surface area contributed by atoms with E-state index in [4.69, 9.17) is 4.74 Å². The van der Waals surface area contributed by atoms with Gasteiger partial charge in [-0.25, -0.2) is 0 Å². The Bertz CT molecular complexity index is 375. The first-order valence-corrected chi connectivity index (χ1v) is 7.89. The van der Waals surface area contributed by atoms with Crippen molar-refractivity contribution in [3.05, 3.63) is 34.4 Å². The summed E-state index contributed by atoms with van der Waals surface area (Å²) in [5.41, 5.74) is 4.58. The Balaban J connectivity index is 2.34. The molecular weight excluding hydrogens is 248 g/mol. The van der Waals surface area contributed by atoms with Crippen LogP contribution in [0.1, 0.15) is 67.4 Å². The lowest BCUT2D eigenvalue weighted by Gasteiger charge is -2.17. The molecular formula is C18H30O2. The second kappa shape index (κ2) is 9.15. The summed E-state index contributed by atoms with van der Waals surface area (Å²) in [6.07, 6.45) is 5.69. The van der Waals surface area contributed by atoms with Crippen LogP contribution >= 0.6 is 0 Å². The molecule has 0 radical (unpaired) electrons. The predicted octanol–water partition coefficient (Wildman–Crippen LogP) is 4.63. The summed E-state index contributed by atoms with van der Waals surface area (Å²) >= 11 is 0. The topological polar surface area (TPSA) is 29.5 Å². The molecule has 0 aliphatic carbocycles. The number of aryl methyl sites for hydroxylation is 3. The lowest BCUT2D eigenvalue weighted by molar-refractivity contribution is 0.0338.